The summed E-state index contributed by atoms with van der Waals surface area (Å²) in [7, 11) is 0. The monoisotopic (exact) mass is 176 g/mol. The fourth-order valence-corrected chi connectivity index (χ4v) is 1.04. The second-order valence-electron chi connectivity index (χ2n) is 2.94. The molecule has 1 aromatic rings. The zero-order valence-corrected chi connectivity index (χ0v) is 7.82. The fraction of sp³-hybridized carbons (Fsp3) is 0.300. The minimum atomic E-state index is 0.130. The molecule has 1 rings (SSSR count). The maximum Gasteiger partial charge on any atom is 0.135 e. The molecule has 0 saturated carbocycles. The number of aromatic nitrogens is 1. The molecule has 1 aromatic heterocycles. The summed E-state index contributed by atoms with van der Waals surface area (Å²) in [6.45, 7) is 3.40. The Labute approximate surface area is 77.5 Å². The average Bonchev–Trinajstić information content (AvgIpc) is 2.04. The van der Waals surface area contributed by atoms with Crippen LogP contribution in [0.5, 0.6) is 0 Å². The van der Waals surface area contributed by atoms with E-state index in [1.807, 2.05) is 19.1 Å². The highest BCUT2D eigenvalue weighted by molar-refractivity contribution is 6.00. The molecule has 0 aromatic carbocycles. The van der Waals surface area contributed by atoms with Crippen molar-refractivity contribution in [1.82, 2.24) is 4.98 Å². The topological polar surface area (TPSA) is 42.3 Å². The van der Waals surface area contributed by atoms with Gasteiger partial charge in [-0.25, -0.2) is 0 Å². The van der Waals surface area contributed by atoms with Crippen molar-refractivity contribution in [3.05, 3.63) is 24.5 Å². The highest BCUT2D eigenvalue weighted by Gasteiger charge is 1.96. The van der Waals surface area contributed by atoms with Crippen LogP contribution in [0.1, 0.15) is 20.3 Å². The van der Waals surface area contributed by atoms with E-state index in [1.165, 1.54) is 0 Å². The first-order valence-corrected chi connectivity index (χ1v) is 4.12. The quantitative estimate of drug-likeness (QED) is 0.662. The molecule has 68 valence electrons. The first kappa shape index (κ1) is 9.58. The molecule has 0 radical (unpaired) electrons. The summed E-state index contributed by atoms with van der Waals surface area (Å²) in [4.78, 5) is 18.9. The minimum absolute atomic E-state index is 0.130. The summed E-state index contributed by atoms with van der Waals surface area (Å²) in [5.41, 5.74) is 1.61. The molecule has 3 heteroatoms. The molecule has 0 aliphatic rings. The number of ketones is 1. The lowest BCUT2D eigenvalue weighted by Gasteiger charge is -1.96. The third-order valence-corrected chi connectivity index (χ3v) is 1.47. The zero-order chi connectivity index (χ0) is 9.68. The molecule has 0 spiro atoms. The van der Waals surface area contributed by atoms with Crippen molar-refractivity contribution in [2.24, 2.45) is 4.99 Å². The molecular formula is C10H12N2O. The van der Waals surface area contributed by atoms with Crippen LogP contribution < -0.4 is 0 Å². The van der Waals surface area contributed by atoms with Gasteiger partial charge in [0.05, 0.1) is 11.9 Å². The summed E-state index contributed by atoms with van der Waals surface area (Å²) in [6.07, 6.45) is 3.78. The molecule has 0 bridgehead atoms. The van der Waals surface area contributed by atoms with E-state index < -0.39 is 0 Å². The van der Waals surface area contributed by atoms with Gasteiger partial charge < -0.3 is 0 Å². The molecule has 0 unspecified atom stereocenters. The minimum Gasteiger partial charge on any atom is -0.300 e. The van der Waals surface area contributed by atoms with Gasteiger partial charge >= 0.3 is 0 Å². The molecular weight excluding hydrogens is 164 g/mol. The molecule has 0 aliphatic carbocycles. The van der Waals surface area contributed by atoms with Gasteiger partial charge in [-0.05, 0) is 26.0 Å². The predicted octanol–water partition coefficient (Wildman–Crippen LogP) is 2.15. The first-order chi connectivity index (χ1) is 6.18. The summed E-state index contributed by atoms with van der Waals surface area (Å²) in [5, 5.41) is 0. The third-order valence-electron chi connectivity index (χ3n) is 1.47. The Morgan fingerprint density at radius 3 is 2.85 bits per heavy atom. The highest BCUT2D eigenvalue weighted by Crippen LogP contribution is 2.08. The maximum atomic E-state index is 10.7. The standard InChI is InChI=1S/C10H12N2O/c1-8(6-9(2)13)12-10-4-3-5-11-7-10/h3-5,7H,6H2,1-2H3. The Bertz CT molecular complexity index is 317. The molecule has 0 atom stereocenters. The van der Waals surface area contributed by atoms with E-state index in [0.717, 1.165) is 11.4 Å². The van der Waals surface area contributed by atoms with Gasteiger partial charge in [0.15, 0.2) is 0 Å². The van der Waals surface area contributed by atoms with Crippen LogP contribution in [-0.4, -0.2) is 16.5 Å². The van der Waals surface area contributed by atoms with Crippen molar-refractivity contribution < 1.29 is 4.79 Å². The van der Waals surface area contributed by atoms with Gasteiger partial charge in [-0.15, -0.1) is 0 Å². The Balaban J connectivity index is 2.71. The molecule has 0 N–H and O–H groups in total. The lowest BCUT2D eigenvalue weighted by molar-refractivity contribution is -0.115. The fourth-order valence-electron chi connectivity index (χ4n) is 1.04. The smallest absolute Gasteiger partial charge is 0.135 e. The van der Waals surface area contributed by atoms with Crippen LogP contribution in [-0.2, 0) is 4.79 Å². The molecule has 3 nitrogen and oxygen atoms in total. The largest absolute Gasteiger partial charge is 0.300 e. The van der Waals surface area contributed by atoms with Gasteiger partial charge in [0.1, 0.15) is 5.78 Å². The summed E-state index contributed by atoms with van der Waals surface area (Å²) in [5.74, 6) is 0.130. The van der Waals surface area contributed by atoms with Crippen molar-refractivity contribution >= 4 is 17.2 Å². The SMILES string of the molecule is CC(=O)CC(C)=Nc1cccnc1. The Morgan fingerprint density at radius 1 is 1.54 bits per heavy atom. The Morgan fingerprint density at radius 2 is 2.31 bits per heavy atom. The van der Waals surface area contributed by atoms with Crippen molar-refractivity contribution in [1.29, 1.82) is 0 Å². The van der Waals surface area contributed by atoms with Gasteiger partial charge in [0, 0.05) is 18.3 Å². The maximum absolute atomic E-state index is 10.7. The number of rotatable bonds is 3. The Hall–Kier alpha value is -1.51. The van der Waals surface area contributed by atoms with Crippen molar-refractivity contribution in [3.8, 4) is 0 Å². The average molecular weight is 176 g/mol. The molecule has 0 amide bonds. The van der Waals surface area contributed by atoms with E-state index in [0.29, 0.717) is 6.42 Å². The lowest BCUT2D eigenvalue weighted by atomic mass is 10.2. The molecule has 1 heterocycles. The van der Waals surface area contributed by atoms with Gasteiger partial charge in [-0.3, -0.25) is 14.8 Å². The Kier molecular flexibility index (Phi) is 3.31. The second kappa shape index (κ2) is 4.50. The molecule has 13 heavy (non-hydrogen) atoms. The lowest BCUT2D eigenvalue weighted by Crippen LogP contribution is -1.98. The van der Waals surface area contributed by atoms with E-state index in [4.69, 9.17) is 0 Å². The number of pyridine rings is 1. The van der Waals surface area contributed by atoms with Gasteiger partial charge in [-0.1, -0.05) is 0 Å². The molecule has 0 saturated heterocycles. The number of Topliss-reactive ketones (excluding diaryl/α,β-unsaturated/α-hetero) is 1. The number of carbonyl (C=O) groups is 1. The van der Waals surface area contributed by atoms with E-state index in [-0.39, 0.29) is 5.78 Å². The van der Waals surface area contributed by atoms with Crippen LogP contribution in [0.4, 0.5) is 5.69 Å². The van der Waals surface area contributed by atoms with Crippen molar-refractivity contribution in [3.63, 3.8) is 0 Å². The van der Waals surface area contributed by atoms with Gasteiger partial charge in [0.2, 0.25) is 0 Å². The van der Waals surface area contributed by atoms with Gasteiger partial charge in [-0.2, -0.15) is 0 Å². The van der Waals surface area contributed by atoms with Crippen LogP contribution in [0.15, 0.2) is 29.5 Å². The van der Waals surface area contributed by atoms with Crippen LogP contribution in [0, 0.1) is 0 Å². The number of aliphatic imine (C=N–C) groups is 1. The number of hydrogen-bond acceptors (Lipinski definition) is 3. The number of nitrogens with zero attached hydrogens (tertiary/aromatic N) is 2. The van der Waals surface area contributed by atoms with Gasteiger partial charge in [0.25, 0.3) is 0 Å². The van der Waals surface area contributed by atoms with Crippen molar-refractivity contribution in [2.75, 3.05) is 0 Å². The third kappa shape index (κ3) is 3.60. The van der Waals surface area contributed by atoms with E-state index in [9.17, 15) is 4.79 Å². The number of carbonyl (C=O) groups excluding carboxylic acids is 1. The first-order valence-electron chi connectivity index (χ1n) is 4.12. The van der Waals surface area contributed by atoms with E-state index in [2.05, 4.69) is 9.98 Å². The normalized spacial score (nSPS) is 11.4. The second-order valence-corrected chi connectivity index (χ2v) is 2.94. The van der Waals surface area contributed by atoms with E-state index >= 15 is 0 Å². The van der Waals surface area contributed by atoms with Crippen LogP contribution >= 0.6 is 0 Å². The molecule has 0 aliphatic heterocycles. The van der Waals surface area contributed by atoms with Crippen LogP contribution in [0.25, 0.3) is 0 Å². The summed E-state index contributed by atoms with van der Waals surface area (Å²) >= 11 is 0. The highest BCUT2D eigenvalue weighted by atomic mass is 16.1. The van der Waals surface area contributed by atoms with E-state index in [1.54, 1.807) is 19.3 Å². The zero-order valence-electron chi connectivity index (χ0n) is 7.82. The number of hydrogen-bond donors (Lipinski definition) is 0. The summed E-state index contributed by atoms with van der Waals surface area (Å²) in [6, 6.07) is 3.68. The molecule has 0 fully saturated rings. The van der Waals surface area contributed by atoms with Crippen LogP contribution in [0.3, 0.4) is 0 Å². The summed E-state index contributed by atoms with van der Waals surface area (Å²) < 4.78 is 0. The predicted molar refractivity (Wildman–Crippen MR) is 52.3 cm³/mol. The van der Waals surface area contributed by atoms with Crippen molar-refractivity contribution in [2.45, 2.75) is 20.3 Å². The van der Waals surface area contributed by atoms with Crippen LogP contribution in [0.2, 0.25) is 0 Å².